The van der Waals surface area contributed by atoms with Gasteiger partial charge in [-0.15, -0.1) is 21.5 Å². The van der Waals surface area contributed by atoms with Crippen molar-refractivity contribution in [3.63, 3.8) is 0 Å². The van der Waals surface area contributed by atoms with E-state index in [-0.39, 0.29) is 11.7 Å². The molecule has 9 heteroatoms. The van der Waals surface area contributed by atoms with E-state index in [4.69, 9.17) is 4.74 Å². The zero-order valence-electron chi connectivity index (χ0n) is 19.6. The largest absolute Gasteiger partial charge is 0.497 e. The van der Waals surface area contributed by atoms with Crippen LogP contribution in [-0.4, -0.2) is 33.5 Å². The van der Waals surface area contributed by atoms with Crippen LogP contribution in [0.2, 0.25) is 0 Å². The SMILES string of the molecule is CCn1c(Cc2ccc(OC)cc2)nnc1SCC(=O)Nc1sc2c(c1C#N)CCCCCC2. The number of thioether (sulfide) groups is 1. The molecule has 0 bridgehead atoms. The zero-order chi connectivity index (χ0) is 23.9. The van der Waals surface area contributed by atoms with Gasteiger partial charge in [-0.25, -0.2) is 0 Å². The van der Waals surface area contributed by atoms with E-state index in [0.717, 1.165) is 60.1 Å². The van der Waals surface area contributed by atoms with E-state index < -0.39 is 0 Å². The molecule has 178 valence electrons. The van der Waals surface area contributed by atoms with Crippen molar-refractivity contribution in [1.82, 2.24) is 14.8 Å². The van der Waals surface area contributed by atoms with Gasteiger partial charge in [0.2, 0.25) is 5.91 Å². The van der Waals surface area contributed by atoms with Gasteiger partial charge >= 0.3 is 0 Å². The Labute approximate surface area is 208 Å². The topological polar surface area (TPSA) is 92.8 Å². The Morgan fingerprint density at radius 2 is 1.97 bits per heavy atom. The van der Waals surface area contributed by atoms with Crippen molar-refractivity contribution in [1.29, 1.82) is 5.26 Å². The molecule has 0 aliphatic heterocycles. The second-order valence-corrected chi connectivity index (χ2v) is 10.3. The van der Waals surface area contributed by atoms with Crippen molar-refractivity contribution < 1.29 is 9.53 Å². The Kier molecular flexibility index (Phi) is 8.25. The van der Waals surface area contributed by atoms with Crippen LogP contribution in [0.5, 0.6) is 5.75 Å². The first-order valence-corrected chi connectivity index (χ1v) is 13.5. The number of hydrogen-bond acceptors (Lipinski definition) is 7. The molecule has 0 saturated carbocycles. The number of carbonyl (C=O) groups excluding carboxylic acids is 1. The number of nitrogens with one attached hydrogen (secondary N) is 1. The first-order valence-electron chi connectivity index (χ1n) is 11.6. The summed E-state index contributed by atoms with van der Waals surface area (Å²) in [5.74, 6) is 1.77. The number of benzene rings is 1. The average molecular weight is 496 g/mol. The number of methoxy groups -OCH3 is 1. The van der Waals surface area contributed by atoms with E-state index in [2.05, 4.69) is 21.6 Å². The smallest absolute Gasteiger partial charge is 0.235 e. The Bertz CT molecular complexity index is 1180. The number of thiophene rings is 1. The van der Waals surface area contributed by atoms with Gasteiger partial charge in [0.05, 0.1) is 18.4 Å². The Balaban J connectivity index is 1.40. The Morgan fingerprint density at radius 3 is 2.68 bits per heavy atom. The molecule has 0 fully saturated rings. The summed E-state index contributed by atoms with van der Waals surface area (Å²) in [6.07, 6.45) is 7.27. The van der Waals surface area contributed by atoms with Crippen molar-refractivity contribution in [2.45, 2.75) is 63.6 Å². The third-order valence-corrected chi connectivity index (χ3v) is 8.17. The minimum absolute atomic E-state index is 0.127. The van der Waals surface area contributed by atoms with Crippen LogP contribution < -0.4 is 10.1 Å². The minimum Gasteiger partial charge on any atom is -0.497 e. The molecular formula is C25H29N5O2S2. The van der Waals surface area contributed by atoms with Crippen molar-refractivity contribution in [3.8, 4) is 11.8 Å². The van der Waals surface area contributed by atoms with Crippen molar-refractivity contribution >= 4 is 34.0 Å². The van der Waals surface area contributed by atoms with Crippen LogP contribution in [0, 0.1) is 11.3 Å². The monoisotopic (exact) mass is 495 g/mol. The van der Waals surface area contributed by atoms with Gasteiger partial charge in [-0.05, 0) is 55.9 Å². The van der Waals surface area contributed by atoms with Gasteiger partial charge in [0.15, 0.2) is 5.16 Å². The highest BCUT2D eigenvalue weighted by Crippen LogP contribution is 2.36. The molecular weight excluding hydrogens is 466 g/mol. The predicted octanol–water partition coefficient (Wildman–Crippen LogP) is 5.22. The van der Waals surface area contributed by atoms with Crippen LogP contribution >= 0.6 is 23.1 Å². The van der Waals surface area contributed by atoms with Crippen LogP contribution in [0.4, 0.5) is 5.00 Å². The summed E-state index contributed by atoms with van der Waals surface area (Å²) >= 11 is 2.94. The molecule has 1 aromatic carbocycles. The molecule has 0 atom stereocenters. The summed E-state index contributed by atoms with van der Waals surface area (Å²) < 4.78 is 7.26. The number of aromatic nitrogens is 3. The van der Waals surface area contributed by atoms with E-state index in [1.54, 1.807) is 18.4 Å². The molecule has 2 aromatic heterocycles. The van der Waals surface area contributed by atoms with E-state index in [1.165, 1.54) is 29.5 Å². The molecule has 1 aliphatic rings. The van der Waals surface area contributed by atoms with E-state index >= 15 is 0 Å². The predicted molar refractivity (Wildman–Crippen MR) is 136 cm³/mol. The number of amides is 1. The fourth-order valence-corrected chi connectivity index (χ4v) is 6.30. The summed E-state index contributed by atoms with van der Waals surface area (Å²) in [5, 5.41) is 22.8. The molecule has 4 rings (SSSR count). The summed E-state index contributed by atoms with van der Waals surface area (Å²) in [4.78, 5) is 14.0. The van der Waals surface area contributed by atoms with Crippen molar-refractivity contribution in [3.05, 3.63) is 51.7 Å². The van der Waals surface area contributed by atoms with Gasteiger partial charge in [-0.2, -0.15) is 5.26 Å². The molecule has 0 unspecified atom stereocenters. The van der Waals surface area contributed by atoms with Crippen molar-refractivity contribution in [2.24, 2.45) is 0 Å². The Morgan fingerprint density at radius 1 is 1.21 bits per heavy atom. The summed E-state index contributed by atoms with van der Waals surface area (Å²) in [6, 6.07) is 10.2. The molecule has 0 saturated heterocycles. The van der Waals surface area contributed by atoms with Gasteiger partial charge < -0.3 is 14.6 Å². The number of hydrogen-bond donors (Lipinski definition) is 1. The first-order chi connectivity index (χ1) is 16.6. The number of fused-ring (bicyclic) bond motifs is 1. The standard InChI is InChI=1S/C25H29N5O2S2/c1-3-30-22(14-17-10-12-18(32-2)13-11-17)28-29-25(30)33-16-23(31)27-24-20(15-26)19-8-6-4-5-7-9-21(19)34-24/h10-13H,3-9,14,16H2,1-2H3,(H,27,31). The second kappa shape index (κ2) is 11.5. The van der Waals surface area contributed by atoms with Crippen LogP contribution in [0.25, 0.3) is 0 Å². The highest BCUT2D eigenvalue weighted by molar-refractivity contribution is 7.99. The molecule has 1 aliphatic carbocycles. The first kappa shape index (κ1) is 24.3. The lowest BCUT2D eigenvalue weighted by atomic mass is 9.97. The maximum Gasteiger partial charge on any atom is 0.235 e. The lowest BCUT2D eigenvalue weighted by Crippen LogP contribution is -2.15. The zero-order valence-corrected chi connectivity index (χ0v) is 21.2. The van der Waals surface area contributed by atoms with E-state index in [1.807, 2.05) is 35.8 Å². The number of nitrogens with zero attached hydrogens (tertiary/aromatic N) is 4. The van der Waals surface area contributed by atoms with Gasteiger partial charge in [0.1, 0.15) is 22.6 Å². The molecule has 7 nitrogen and oxygen atoms in total. The minimum atomic E-state index is -0.127. The molecule has 0 radical (unpaired) electrons. The van der Waals surface area contributed by atoms with Gasteiger partial charge in [-0.3, -0.25) is 4.79 Å². The number of carbonyl (C=O) groups is 1. The van der Waals surface area contributed by atoms with Crippen LogP contribution in [0.1, 0.15) is 60.0 Å². The molecule has 1 N–H and O–H groups in total. The highest BCUT2D eigenvalue weighted by Gasteiger charge is 2.21. The maximum absolute atomic E-state index is 12.8. The molecule has 3 aromatic rings. The molecule has 0 spiro atoms. The van der Waals surface area contributed by atoms with E-state index in [9.17, 15) is 10.1 Å². The van der Waals surface area contributed by atoms with E-state index in [0.29, 0.717) is 17.0 Å². The van der Waals surface area contributed by atoms with Crippen LogP contribution in [0.3, 0.4) is 0 Å². The highest BCUT2D eigenvalue weighted by atomic mass is 32.2. The summed E-state index contributed by atoms with van der Waals surface area (Å²) in [7, 11) is 1.65. The van der Waals surface area contributed by atoms with Crippen molar-refractivity contribution in [2.75, 3.05) is 18.2 Å². The number of rotatable bonds is 8. The van der Waals surface area contributed by atoms with Crippen LogP contribution in [-0.2, 0) is 30.6 Å². The quantitative estimate of drug-likeness (QED) is 0.431. The summed E-state index contributed by atoms with van der Waals surface area (Å²) in [6.45, 7) is 2.77. The fraction of sp³-hybridized carbons (Fsp3) is 0.440. The van der Waals surface area contributed by atoms with Gasteiger partial charge in [-0.1, -0.05) is 36.7 Å². The molecule has 1 amide bonds. The van der Waals surface area contributed by atoms with Gasteiger partial charge in [0.25, 0.3) is 0 Å². The lowest BCUT2D eigenvalue weighted by molar-refractivity contribution is -0.113. The molecule has 34 heavy (non-hydrogen) atoms. The lowest BCUT2D eigenvalue weighted by Gasteiger charge is -2.09. The fourth-order valence-electron chi connectivity index (χ4n) is 4.22. The third kappa shape index (κ3) is 5.62. The number of aryl methyl sites for hydroxylation is 1. The molecule has 2 heterocycles. The maximum atomic E-state index is 12.8. The normalized spacial score (nSPS) is 13.4. The second-order valence-electron chi connectivity index (χ2n) is 8.24. The van der Waals surface area contributed by atoms with Gasteiger partial charge in [0, 0.05) is 17.8 Å². The third-order valence-electron chi connectivity index (χ3n) is 6.00. The van der Waals surface area contributed by atoms with Crippen LogP contribution in [0.15, 0.2) is 29.4 Å². The number of nitriles is 1. The Hall–Kier alpha value is -2.83. The number of ether oxygens (including phenoxy) is 1. The average Bonchev–Trinajstić information content (AvgIpc) is 3.37. The number of anilines is 1. The summed E-state index contributed by atoms with van der Waals surface area (Å²) in [5.41, 5.74) is 2.91.